The minimum Gasteiger partial charge on any atom is -0.295 e. The third-order valence-corrected chi connectivity index (χ3v) is 7.61. The van der Waals surface area contributed by atoms with E-state index in [4.69, 9.17) is 34.8 Å². The molecule has 1 heterocycles. The van der Waals surface area contributed by atoms with Gasteiger partial charge in [-0.05, 0) is 50.2 Å². The van der Waals surface area contributed by atoms with Crippen LogP contribution < -0.4 is 5.56 Å². The number of rotatable bonds is 5. The van der Waals surface area contributed by atoms with E-state index in [1.165, 1.54) is 29.8 Å². The largest absolute Gasteiger partial charge is 0.295 e. The van der Waals surface area contributed by atoms with E-state index in [0.717, 1.165) is 4.31 Å². The molecule has 0 saturated carbocycles. The zero-order valence-electron chi connectivity index (χ0n) is 15.9. The minimum atomic E-state index is -4.00. The number of nitrogens with zero attached hydrogens (tertiary/aromatic N) is 3. The van der Waals surface area contributed by atoms with E-state index in [0.29, 0.717) is 28.3 Å². The van der Waals surface area contributed by atoms with E-state index in [2.05, 4.69) is 4.98 Å². The highest BCUT2D eigenvalue weighted by Gasteiger charge is 2.31. The summed E-state index contributed by atoms with van der Waals surface area (Å²) in [4.78, 5) is 17.4. The van der Waals surface area contributed by atoms with Gasteiger partial charge >= 0.3 is 0 Å². The lowest BCUT2D eigenvalue weighted by molar-refractivity contribution is 0.370. The van der Waals surface area contributed by atoms with Crippen molar-refractivity contribution in [1.29, 1.82) is 0 Å². The van der Waals surface area contributed by atoms with Crippen LogP contribution in [0, 0.1) is 0 Å². The van der Waals surface area contributed by atoms with E-state index in [1.54, 1.807) is 32.0 Å². The maximum atomic E-state index is 13.2. The molecule has 0 aliphatic heterocycles. The molecule has 154 valence electrons. The molecule has 0 aliphatic carbocycles. The molecule has 10 heteroatoms. The van der Waals surface area contributed by atoms with Crippen LogP contribution in [0.1, 0.15) is 25.7 Å². The molecule has 0 radical (unpaired) electrons. The van der Waals surface area contributed by atoms with Gasteiger partial charge in [-0.15, -0.1) is 0 Å². The first-order valence-corrected chi connectivity index (χ1v) is 11.3. The minimum absolute atomic E-state index is 0.0578. The molecule has 1 unspecified atom stereocenters. The van der Waals surface area contributed by atoms with Gasteiger partial charge in [0.2, 0.25) is 10.0 Å². The van der Waals surface area contributed by atoms with Crippen LogP contribution in [-0.2, 0) is 16.6 Å². The molecule has 0 aliphatic rings. The lowest BCUT2D eigenvalue weighted by atomic mass is 10.2. The first kappa shape index (κ1) is 22.1. The summed E-state index contributed by atoms with van der Waals surface area (Å²) in [6, 6.07) is 8.31. The molecule has 29 heavy (non-hydrogen) atoms. The van der Waals surface area contributed by atoms with Gasteiger partial charge in [0, 0.05) is 23.6 Å². The maximum absolute atomic E-state index is 13.2. The lowest BCUT2D eigenvalue weighted by Crippen LogP contribution is -2.35. The Labute approximate surface area is 183 Å². The summed E-state index contributed by atoms with van der Waals surface area (Å²) in [5.74, 6) is 0.316. The summed E-state index contributed by atoms with van der Waals surface area (Å²) in [6.45, 7) is 3.77. The quantitative estimate of drug-likeness (QED) is 0.534. The van der Waals surface area contributed by atoms with E-state index >= 15 is 0 Å². The predicted octanol–water partition coefficient (Wildman–Crippen LogP) is 4.76. The molecule has 6 nitrogen and oxygen atoms in total. The SMILES string of the molecule is CCn1c(C(C)N(C)S(=O)(=O)c2cc(Cl)ccc2Cl)nc2ccc(Cl)cc2c1=O. The Hall–Kier alpha value is -1.64. The second-order valence-corrected chi connectivity index (χ2v) is 9.70. The van der Waals surface area contributed by atoms with Gasteiger partial charge in [0.1, 0.15) is 10.7 Å². The van der Waals surface area contributed by atoms with Crippen LogP contribution in [0.5, 0.6) is 0 Å². The van der Waals surface area contributed by atoms with Crippen LogP contribution in [0.4, 0.5) is 0 Å². The highest BCUT2D eigenvalue weighted by molar-refractivity contribution is 7.89. The van der Waals surface area contributed by atoms with Crippen LogP contribution in [0.2, 0.25) is 15.1 Å². The molecule has 0 saturated heterocycles. The Kier molecular flexibility index (Phi) is 6.27. The average Bonchev–Trinajstić information content (AvgIpc) is 2.68. The van der Waals surface area contributed by atoms with Crippen molar-refractivity contribution in [2.45, 2.75) is 31.3 Å². The number of fused-ring (bicyclic) bond motifs is 1. The summed E-state index contributed by atoms with van der Waals surface area (Å²) < 4.78 is 28.9. The Morgan fingerprint density at radius 1 is 1.10 bits per heavy atom. The summed E-state index contributed by atoms with van der Waals surface area (Å²) in [7, 11) is -2.58. The molecular formula is C19H18Cl3N3O3S. The second-order valence-electron chi connectivity index (χ2n) is 6.45. The fraction of sp³-hybridized carbons (Fsp3) is 0.263. The Morgan fingerprint density at radius 2 is 1.72 bits per heavy atom. The van der Waals surface area contributed by atoms with Gasteiger partial charge in [-0.3, -0.25) is 9.36 Å². The Balaban J connectivity index is 2.15. The van der Waals surface area contributed by atoms with Gasteiger partial charge in [0.15, 0.2) is 0 Å². The van der Waals surface area contributed by atoms with Gasteiger partial charge < -0.3 is 0 Å². The van der Waals surface area contributed by atoms with Crippen LogP contribution in [0.15, 0.2) is 46.1 Å². The van der Waals surface area contributed by atoms with Gasteiger partial charge in [-0.25, -0.2) is 13.4 Å². The van der Waals surface area contributed by atoms with Crippen LogP contribution in [-0.4, -0.2) is 29.3 Å². The highest BCUT2D eigenvalue weighted by Crippen LogP contribution is 2.31. The fourth-order valence-corrected chi connectivity index (χ4v) is 5.27. The van der Waals surface area contributed by atoms with Crippen molar-refractivity contribution >= 4 is 55.7 Å². The maximum Gasteiger partial charge on any atom is 0.261 e. The van der Waals surface area contributed by atoms with Gasteiger partial charge in [0.25, 0.3) is 5.56 Å². The third kappa shape index (κ3) is 4.02. The number of hydrogen-bond donors (Lipinski definition) is 0. The summed E-state index contributed by atoms with van der Waals surface area (Å²) >= 11 is 18.1. The van der Waals surface area contributed by atoms with Gasteiger partial charge in [0.05, 0.1) is 22.0 Å². The molecule has 3 aromatic rings. The molecule has 1 aromatic heterocycles. The molecule has 0 amide bonds. The first-order chi connectivity index (χ1) is 13.6. The number of sulfonamides is 1. The Bertz CT molecular complexity index is 1260. The average molecular weight is 475 g/mol. The number of halogens is 3. The summed E-state index contributed by atoms with van der Waals surface area (Å²) in [5.41, 5.74) is 0.158. The number of aromatic nitrogens is 2. The molecule has 0 spiro atoms. The van der Waals surface area contributed by atoms with Crippen molar-refractivity contribution in [1.82, 2.24) is 13.9 Å². The molecule has 2 aromatic carbocycles. The number of hydrogen-bond acceptors (Lipinski definition) is 4. The zero-order valence-corrected chi connectivity index (χ0v) is 18.9. The van der Waals surface area contributed by atoms with Gasteiger partial charge in [-0.2, -0.15) is 4.31 Å². The topological polar surface area (TPSA) is 72.3 Å². The van der Waals surface area contributed by atoms with Crippen molar-refractivity contribution in [3.8, 4) is 0 Å². The predicted molar refractivity (Wildman–Crippen MR) is 117 cm³/mol. The van der Waals surface area contributed by atoms with E-state index in [-0.39, 0.29) is 20.5 Å². The zero-order chi connectivity index (χ0) is 21.5. The Morgan fingerprint density at radius 3 is 2.38 bits per heavy atom. The van der Waals surface area contributed by atoms with Gasteiger partial charge in [-0.1, -0.05) is 34.8 Å². The van der Waals surface area contributed by atoms with Crippen molar-refractivity contribution in [2.75, 3.05) is 7.05 Å². The summed E-state index contributed by atoms with van der Waals surface area (Å²) in [5, 5.41) is 1.11. The van der Waals surface area contributed by atoms with E-state index in [1.807, 2.05) is 0 Å². The van der Waals surface area contributed by atoms with Crippen molar-refractivity contribution in [2.24, 2.45) is 0 Å². The molecule has 0 fully saturated rings. The van der Waals surface area contributed by atoms with Crippen molar-refractivity contribution in [3.05, 3.63) is 67.6 Å². The standard InChI is InChI=1S/C19H18Cl3N3O3S/c1-4-25-18(23-16-8-6-12(20)9-14(16)19(25)26)11(2)24(3)29(27,28)17-10-13(21)5-7-15(17)22/h5-11H,4H2,1-3H3. The molecular weight excluding hydrogens is 457 g/mol. The van der Waals surface area contributed by atoms with E-state index in [9.17, 15) is 13.2 Å². The lowest BCUT2D eigenvalue weighted by Gasteiger charge is -2.26. The monoisotopic (exact) mass is 473 g/mol. The molecule has 1 atom stereocenters. The van der Waals surface area contributed by atoms with Crippen LogP contribution in [0.3, 0.4) is 0 Å². The third-order valence-electron chi connectivity index (χ3n) is 4.73. The smallest absolute Gasteiger partial charge is 0.261 e. The second kappa shape index (κ2) is 8.24. The molecule has 3 rings (SSSR count). The number of benzene rings is 2. The summed E-state index contributed by atoms with van der Waals surface area (Å²) in [6.07, 6.45) is 0. The van der Waals surface area contributed by atoms with E-state index < -0.39 is 16.1 Å². The van der Waals surface area contributed by atoms with Crippen LogP contribution >= 0.6 is 34.8 Å². The van der Waals surface area contributed by atoms with Crippen molar-refractivity contribution in [3.63, 3.8) is 0 Å². The fourth-order valence-electron chi connectivity index (χ4n) is 3.04. The van der Waals surface area contributed by atoms with Crippen molar-refractivity contribution < 1.29 is 8.42 Å². The normalized spacial score (nSPS) is 13.2. The first-order valence-electron chi connectivity index (χ1n) is 8.71. The molecule has 0 N–H and O–H groups in total. The van der Waals surface area contributed by atoms with Crippen LogP contribution in [0.25, 0.3) is 10.9 Å². The molecule has 0 bridgehead atoms. The highest BCUT2D eigenvalue weighted by atomic mass is 35.5.